The van der Waals surface area contributed by atoms with Crippen LogP contribution >= 0.6 is 11.3 Å². The molecule has 0 aliphatic heterocycles. The third-order valence-corrected chi connectivity index (χ3v) is 6.47. The number of esters is 1. The molecule has 32 heavy (non-hydrogen) atoms. The van der Waals surface area contributed by atoms with Crippen molar-refractivity contribution in [2.75, 3.05) is 13.7 Å². The van der Waals surface area contributed by atoms with Gasteiger partial charge in [0.2, 0.25) is 4.96 Å². The summed E-state index contributed by atoms with van der Waals surface area (Å²) in [7, 11) is 1.54. The number of hydrogen-bond donors (Lipinski definition) is 1. The lowest BCUT2D eigenvalue weighted by molar-refractivity contribution is -0.143. The fraction of sp³-hybridized carbons (Fsp3) is 0.409. The van der Waals surface area contributed by atoms with Gasteiger partial charge >= 0.3 is 5.97 Å². The van der Waals surface area contributed by atoms with E-state index < -0.39 is 11.9 Å². The largest absolute Gasteiger partial charge is 0.497 e. The zero-order chi connectivity index (χ0) is 22.5. The highest BCUT2D eigenvalue weighted by Crippen LogP contribution is 2.34. The summed E-state index contributed by atoms with van der Waals surface area (Å²) in [5.41, 5.74) is 0.452. The maximum absolute atomic E-state index is 12.4. The predicted molar refractivity (Wildman–Crippen MR) is 118 cm³/mol. The number of fused-ring (bicyclic) bond motifs is 1. The maximum Gasteiger partial charge on any atom is 0.325 e. The molecule has 1 N–H and O–H groups in total. The van der Waals surface area contributed by atoms with E-state index in [1.54, 1.807) is 24.3 Å². The number of nitrogens with zero attached hydrogens (tertiary/aromatic N) is 3. The summed E-state index contributed by atoms with van der Waals surface area (Å²) >= 11 is 1.42. The Balaban J connectivity index is 1.33. The van der Waals surface area contributed by atoms with Crippen LogP contribution in [0.2, 0.25) is 0 Å². The number of rotatable bonds is 7. The van der Waals surface area contributed by atoms with E-state index in [1.807, 2.05) is 0 Å². The van der Waals surface area contributed by atoms with Gasteiger partial charge in [-0.2, -0.15) is 9.61 Å². The lowest BCUT2D eigenvalue weighted by Crippen LogP contribution is -2.30. The van der Waals surface area contributed by atoms with Crippen LogP contribution in [-0.4, -0.2) is 40.1 Å². The number of nitrogens with one attached hydrogen (secondary N) is 1. The summed E-state index contributed by atoms with van der Waals surface area (Å²) < 4.78 is 11.5. The molecule has 1 aromatic carbocycles. The number of aromatic nitrogens is 3. The van der Waals surface area contributed by atoms with Crippen LogP contribution in [0.15, 0.2) is 35.1 Å². The molecule has 0 spiro atoms. The van der Waals surface area contributed by atoms with Crippen molar-refractivity contribution in [3.05, 3.63) is 57.0 Å². The smallest absolute Gasteiger partial charge is 0.325 e. The second-order valence-electron chi connectivity index (χ2n) is 7.63. The van der Waals surface area contributed by atoms with Crippen molar-refractivity contribution >= 4 is 28.2 Å². The molecule has 0 saturated heterocycles. The molecule has 9 nitrogen and oxygen atoms in total. The molecule has 1 fully saturated rings. The average molecular weight is 457 g/mol. The fourth-order valence-electron chi connectivity index (χ4n) is 3.66. The lowest BCUT2D eigenvalue weighted by atomic mass is 9.90. The minimum Gasteiger partial charge on any atom is -0.497 e. The third-order valence-electron chi connectivity index (χ3n) is 5.39. The summed E-state index contributed by atoms with van der Waals surface area (Å²) in [6.45, 7) is -0.446. The molecule has 0 radical (unpaired) electrons. The molecule has 1 aliphatic rings. The van der Waals surface area contributed by atoms with Crippen molar-refractivity contribution in [2.24, 2.45) is 0 Å². The van der Waals surface area contributed by atoms with Crippen LogP contribution in [0.25, 0.3) is 4.96 Å². The quantitative estimate of drug-likeness (QED) is 0.544. The van der Waals surface area contributed by atoms with Gasteiger partial charge in [-0.15, -0.1) is 0 Å². The Hall–Kier alpha value is -3.27. The van der Waals surface area contributed by atoms with Gasteiger partial charge in [0, 0.05) is 17.5 Å². The van der Waals surface area contributed by atoms with Gasteiger partial charge in [-0.3, -0.25) is 14.4 Å². The van der Waals surface area contributed by atoms with Crippen LogP contribution in [0.3, 0.4) is 0 Å². The molecular formula is C22H24N4O5S. The Morgan fingerprint density at radius 2 is 1.94 bits per heavy atom. The van der Waals surface area contributed by atoms with Crippen molar-refractivity contribution in [3.63, 3.8) is 0 Å². The number of carbonyl (C=O) groups excluding carboxylic acids is 2. The molecule has 1 saturated carbocycles. The number of benzene rings is 1. The van der Waals surface area contributed by atoms with Gasteiger partial charge in [0.05, 0.1) is 12.8 Å². The molecule has 2 aromatic heterocycles. The van der Waals surface area contributed by atoms with Crippen molar-refractivity contribution in [3.8, 4) is 5.75 Å². The van der Waals surface area contributed by atoms with Gasteiger partial charge in [0.1, 0.15) is 23.9 Å². The van der Waals surface area contributed by atoms with Gasteiger partial charge < -0.3 is 14.8 Å². The second-order valence-corrected chi connectivity index (χ2v) is 8.61. The number of hydrogen-bond acceptors (Lipinski definition) is 8. The number of amides is 1. The SMILES string of the molecule is COc1ccc(C(=O)NCC(=O)OCc2cc(=O)n3nc(C4CCCCC4)sc3n2)cc1. The van der Waals surface area contributed by atoms with Gasteiger partial charge in [0.25, 0.3) is 11.5 Å². The zero-order valence-corrected chi connectivity index (χ0v) is 18.5. The molecule has 0 bridgehead atoms. The molecule has 168 valence electrons. The lowest BCUT2D eigenvalue weighted by Gasteiger charge is -2.18. The first kappa shape index (κ1) is 21.9. The molecule has 3 aromatic rings. The number of carbonyl (C=O) groups is 2. The van der Waals surface area contributed by atoms with E-state index in [1.165, 1.54) is 48.3 Å². The van der Waals surface area contributed by atoms with Gasteiger partial charge in [0.15, 0.2) is 0 Å². The van der Waals surface area contributed by atoms with E-state index >= 15 is 0 Å². The molecule has 1 amide bonds. The van der Waals surface area contributed by atoms with Crippen LogP contribution in [-0.2, 0) is 16.1 Å². The highest BCUT2D eigenvalue weighted by Gasteiger charge is 2.21. The highest BCUT2D eigenvalue weighted by molar-refractivity contribution is 7.16. The summed E-state index contributed by atoms with van der Waals surface area (Å²) in [6.07, 6.45) is 5.77. The Morgan fingerprint density at radius 3 is 2.66 bits per heavy atom. The molecule has 4 rings (SSSR count). The molecule has 0 unspecified atom stereocenters. The Kier molecular flexibility index (Phi) is 6.79. The van der Waals surface area contributed by atoms with Gasteiger partial charge in [-0.25, -0.2) is 4.98 Å². The number of methoxy groups -OCH3 is 1. The van der Waals surface area contributed by atoms with Crippen molar-refractivity contribution < 1.29 is 19.1 Å². The Labute approximate surface area is 188 Å². The molecule has 2 heterocycles. The van der Waals surface area contributed by atoms with E-state index in [-0.39, 0.29) is 18.7 Å². The summed E-state index contributed by atoms with van der Waals surface area (Å²) in [5, 5.41) is 7.90. The first-order chi connectivity index (χ1) is 15.5. The van der Waals surface area contributed by atoms with E-state index in [0.29, 0.717) is 27.9 Å². The maximum atomic E-state index is 12.4. The number of ether oxygens (including phenoxy) is 2. The van der Waals surface area contributed by atoms with Crippen LogP contribution < -0.4 is 15.6 Å². The first-order valence-corrected chi connectivity index (χ1v) is 11.3. The standard InChI is InChI=1S/C22H24N4O5S/c1-30-17-9-7-14(8-10-17)20(29)23-12-19(28)31-13-16-11-18(27)26-22(24-16)32-21(25-26)15-5-3-2-4-6-15/h7-11,15H,2-6,12-13H2,1H3,(H,23,29). The van der Waals surface area contributed by atoms with Crippen LogP contribution in [0.5, 0.6) is 5.75 Å². The summed E-state index contributed by atoms with van der Waals surface area (Å²) in [6, 6.07) is 7.84. The van der Waals surface area contributed by atoms with E-state index in [9.17, 15) is 14.4 Å². The van der Waals surface area contributed by atoms with Crippen LogP contribution in [0, 0.1) is 0 Å². The average Bonchev–Trinajstić information content (AvgIpc) is 3.27. The summed E-state index contributed by atoms with van der Waals surface area (Å²) in [5.74, 6) is -0.0121. The topological polar surface area (TPSA) is 112 Å². The van der Waals surface area contributed by atoms with Crippen LogP contribution in [0.1, 0.15) is 59.1 Å². The van der Waals surface area contributed by atoms with E-state index in [2.05, 4.69) is 15.4 Å². The van der Waals surface area contributed by atoms with Gasteiger partial charge in [-0.1, -0.05) is 30.6 Å². The third kappa shape index (κ3) is 5.13. The summed E-state index contributed by atoms with van der Waals surface area (Å²) in [4.78, 5) is 41.5. The van der Waals surface area contributed by atoms with E-state index in [0.717, 1.165) is 17.8 Å². The van der Waals surface area contributed by atoms with E-state index in [4.69, 9.17) is 9.47 Å². The normalized spacial score (nSPS) is 14.3. The fourth-order valence-corrected chi connectivity index (χ4v) is 4.75. The molecular weight excluding hydrogens is 432 g/mol. The van der Waals surface area contributed by atoms with Crippen molar-refractivity contribution in [2.45, 2.75) is 44.6 Å². The monoisotopic (exact) mass is 456 g/mol. The minimum absolute atomic E-state index is 0.153. The first-order valence-electron chi connectivity index (χ1n) is 10.5. The predicted octanol–water partition coefficient (Wildman–Crippen LogP) is 2.68. The van der Waals surface area contributed by atoms with Crippen molar-refractivity contribution in [1.29, 1.82) is 0 Å². The second kappa shape index (κ2) is 9.90. The van der Waals surface area contributed by atoms with Crippen molar-refractivity contribution in [1.82, 2.24) is 19.9 Å². The highest BCUT2D eigenvalue weighted by atomic mass is 32.1. The molecule has 1 aliphatic carbocycles. The minimum atomic E-state index is -0.624. The Morgan fingerprint density at radius 1 is 1.19 bits per heavy atom. The molecule has 10 heteroatoms. The zero-order valence-electron chi connectivity index (χ0n) is 17.7. The molecule has 0 atom stereocenters. The Bertz CT molecular complexity index is 1170. The van der Waals surface area contributed by atoms with Crippen LogP contribution in [0.4, 0.5) is 0 Å². The van der Waals surface area contributed by atoms with Gasteiger partial charge in [-0.05, 0) is 37.1 Å².